The van der Waals surface area contributed by atoms with E-state index in [0.29, 0.717) is 15.7 Å². The van der Waals surface area contributed by atoms with Crippen molar-refractivity contribution in [1.29, 1.82) is 0 Å². The summed E-state index contributed by atoms with van der Waals surface area (Å²) >= 11 is 10.6. The Labute approximate surface area is 107 Å². The first-order valence-corrected chi connectivity index (χ1v) is 6.77. The molecule has 1 aliphatic rings. The molecule has 2 atom stereocenters. The highest BCUT2D eigenvalue weighted by atomic mass is 35.5. The summed E-state index contributed by atoms with van der Waals surface area (Å²) in [7, 11) is 0. The van der Waals surface area contributed by atoms with Crippen LogP contribution in [0.5, 0.6) is 0 Å². The number of carbonyl (C=O) groups is 1. The second-order valence-electron chi connectivity index (χ2n) is 3.55. The Morgan fingerprint density at radius 1 is 1.38 bits per heavy atom. The topological polar surface area (TPSA) is 43.4 Å². The lowest BCUT2D eigenvalue weighted by atomic mass is 10.3. The van der Waals surface area contributed by atoms with Crippen LogP contribution in [0, 0.1) is 0 Å². The highest BCUT2D eigenvalue weighted by molar-refractivity contribution is 7.93. The summed E-state index contributed by atoms with van der Waals surface area (Å²) in [5, 5.41) is 0.457. The molecule has 0 saturated carbocycles. The van der Waals surface area contributed by atoms with Gasteiger partial charge in [-0.1, -0.05) is 23.2 Å². The Kier molecular flexibility index (Phi) is 3.35. The average molecular weight is 278 g/mol. The highest BCUT2D eigenvalue weighted by Gasteiger charge is 2.40. The number of anilines is 1. The first-order valence-electron chi connectivity index (χ1n) is 4.63. The van der Waals surface area contributed by atoms with Gasteiger partial charge in [0, 0.05) is 10.0 Å². The number of hydrogen-bond donors (Lipinski definition) is 0. The van der Waals surface area contributed by atoms with Crippen LogP contribution >= 0.6 is 23.2 Å². The fourth-order valence-electron chi connectivity index (χ4n) is 1.53. The summed E-state index contributed by atoms with van der Waals surface area (Å²) < 4.78 is 11.5. The van der Waals surface area contributed by atoms with Gasteiger partial charge in [0.1, 0.15) is 0 Å². The SMILES string of the molecule is CC1C(=O)N(c2cc(Cl)cc(Cl)c2)C[S+]1[O-]. The lowest BCUT2D eigenvalue weighted by Crippen LogP contribution is -2.27. The third-order valence-corrected chi connectivity index (χ3v) is 4.36. The van der Waals surface area contributed by atoms with Crippen LogP contribution < -0.4 is 4.90 Å². The van der Waals surface area contributed by atoms with Gasteiger partial charge in [-0.3, -0.25) is 9.69 Å². The zero-order chi connectivity index (χ0) is 11.9. The van der Waals surface area contributed by atoms with Crippen molar-refractivity contribution in [2.45, 2.75) is 12.2 Å². The molecular weight excluding hydrogens is 269 g/mol. The Morgan fingerprint density at radius 2 is 1.94 bits per heavy atom. The lowest BCUT2D eigenvalue weighted by Gasteiger charge is -2.13. The lowest BCUT2D eigenvalue weighted by molar-refractivity contribution is -0.117. The van der Waals surface area contributed by atoms with E-state index in [1.165, 1.54) is 4.90 Å². The molecule has 2 rings (SSSR count). The number of carbonyl (C=O) groups excluding carboxylic acids is 1. The minimum atomic E-state index is -1.15. The van der Waals surface area contributed by atoms with Crippen molar-refractivity contribution in [1.82, 2.24) is 0 Å². The van der Waals surface area contributed by atoms with E-state index in [1.54, 1.807) is 25.1 Å². The maximum absolute atomic E-state index is 11.8. The van der Waals surface area contributed by atoms with E-state index in [0.717, 1.165) is 0 Å². The first kappa shape index (κ1) is 12.0. The van der Waals surface area contributed by atoms with E-state index in [2.05, 4.69) is 0 Å². The van der Waals surface area contributed by atoms with Crippen molar-refractivity contribution in [3.63, 3.8) is 0 Å². The minimum Gasteiger partial charge on any atom is -0.614 e. The molecule has 6 heteroatoms. The summed E-state index contributed by atoms with van der Waals surface area (Å²) in [5.41, 5.74) is 0.597. The number of rotatable bonds is 1. The van der Waals surface area contributed by atoms with Crippen molar-refractivity contribution in [3.8, 4) is 0 Å². The number of hydrogen-bond acceptors (Lipinski definition) is 2. The Balaban J connectivity index is 2.35. The molecule has 0 bridgehead atoms. The van der Waals surface area contributed by atoms with E-state index in [-0.39, 0.29) is 11.8 Å². The number of benzene rings is 1. The molecule has 1 saturated heterocycles. The fraction of sp³-hybridized carbons (Fsp3) is 0.300. The normalized spacial score (nSPS) is 25.2. The standard InChI is InChI=1S/C10H9Cl2NO2S/c1-6-10(14)13(5-16(6)15)9-3-7(11)2-8(12)4-9/h2-4,6H,5H2,1H3. The van der Waals surface area contributed by atoms with Gasteiger partial charge in [0.2, 0.25) is 0 Å². The highest BCUT2D eigenvalue weighted by Crippen LogP contribution is 2.30. The van der Waals surface area contributed by atoms with Gasteiger partial charge in [-0.05, 0) is 36.3 Å². The second kappa shape index (κ2) is 4.45. The van der Waals surface area contributed by atoms with Gasteiger partial charge < -0.3 is 4.55 Å². The number of nitrogens with zero attached hydrogens (tertiary/aromatic N) is 1. The van der Waals surface area contributed by atoms with Crippen molar-refractivity contribution in [2.24, 2.45) is 0 Å². The molecule has 1 aromatic carbocycles. The van der Waals surface area contributed by atoms with Gasteiger partial charge >= 0.3 is 0 Å². The molecule has 1 amide bonds. The predicted molar refractivity (Wildman–Crippen MR) is 66.4 cm³/mol. The van der Waals surface area contributed by atoms with Crippen LogP contribution in [0.1, 0.15) is 6.92 Å². The molecule has 2 unspecified atom stereocenters. The molecule has 1 fully saturated rings. The van der Waals surface area contributed by atoms with Gasteiger partial charge in [-0.25, -0.2) is 0 Å². The maximum atomic E-state index is 11.8. The summed E-state index contributed by atoms with van der Waals surface area (Å²) in [5.74, 6) is 0.0492. The quantitative estimate of drug-likeness (QED) is 0.740. The van der Waals surface area contributed by atoms with Crippen LogP contribution in [0.4, 0.5) is 5.69 Å². The van der Waals surface area contributed by atoms with Crippen LogP contribution in [0.25, 0.3) is 0 Å². The zero-order valence-corrected chi connectivity index (χ0v) is 10.8. The summed E-state index contributed by atoms with van der Waals surface area (Å²) in [6.45, 7) is 1.66. The maximum Gasteiger partial charge on any atom is 0.283 e. The van der Waals surface area contributed by atoms with Gasteiger partial charge in [-0.15, -0.1) is 0 Å². The van der Waals surface area contributed by atoms with Crippen LogP contribution in [0.3, 0.4) is 0 Å². The average Bonchev–Trinajstić information content (AvgIpc) is 2.44. The van der Waals surface area contributed by atoms with E-state index >= 15 is 0 Å². The zero-order valence-electron chi connectivity index (χ0n) is 8.44. The van der Waals surface area contributed by atoms with Crippen molar-refractivity contribution in [2.75, 3.05) is 10.8 Å². The molecule has 0 radical (unpaired) electrons. The molecular formula is C10H9Cl2NO2S. The molecule has 1 aliphatic heterocycles. The fourth-order valence-corrected chi connectivity index (χ4v) is 3.15. The molecule has 1 heterocycles. The molecule has 0 aliphatic carbocycles. The van der Waals surface area contributed by atoms with E-state index < -0.39 is 16.4 Å². The molecule has 0 N–H and O–H groups in total. The van der Waals surface area contributed by atoms with E-state index in [1.807, 2.05) is 0 Å². The third-order valence-electron chi connectivity index (χ3n) is 2.42. The molecule has 16 heavy (non-hydrogen) atoms. The smallest absolute Gasteiger partial charge is 0.283 e. The number of amides is 1. The summed E-state index contributed by atoms with van der Waals surface area (Å²) in [4.78, 5) is 13.2. The number of halogens is 2. The molecule has 86 valence electrons. The summed E-state index contributed by atoms with van der Waals surface area (Å²) in [6, 6.07) is 4.87. The van der Waals surface area contributed by atoms with Gasteiger partial charge in [0.15, 0.2) is 11.1 Å². The van der Waals surface area contributed by atoms with Crippen molar-refractivity contribution < 1.29 is 9.35 Å². The van der Waals surface area contributed by atoms with Crippen LogP contribution in [-0.4, -0.2) is 21.6 Å². The van der Waals surface area contributed by atoms with Gasteiger partial charge in [0.25, 0.3) is 5.91 Å². The predicted octanol–water partition coefficient (Wildman–Crippen LogP) is 2.43. The van der Waals surface area contributed by atoms with Crippen LogP contribution in [-0.2, 0) is 16.0 Å². The molecule has 0 aromatic heterocycles. The Hall–Kier alpha value is -0.420. The third kappa shape index (κ3) is 2.15. The van der Waals surface area contributed by atoms with Gasteiger partial charge in [-0.2, -0.15) is 0 Å². The second-order valence-corrected chi connectivity index (χ2v) is 6.15. The van der Waals surface area contributed by atoms with Gasteiger partial charge in [0.05, 0.1) is 5.69 Å². The Bertz CT molecular complexity index is 421. The van der Waals surface area contributed by atoms with E-state index in [4.69, 9.17) is 23.2 Å². The monoisotopic (exact) mass is 277 g/mol. The summed E-state index contributed by atoms with van der Waals surface area (Å²) in [6.07, 6.45) is 0. The Morgan fingerprint density at radius 3 is 2.38 bits per heavy atom. The van der Waals surface area contributed by atoms with Crippen molar-refractivity contribution >= 4 is 46.0 Å². The minimum absolute atomic E-state index is 0.156. The molecule has 3 nitrogen and oxygen atoms in total. The van der Waals surface area contributed by atoms with Crippen molar-refractivity contribution in [3.05, 3.63) is 28.2 Å². The largest absolute Gasteiger partial charge is 0.614 e. The van der Waals surface area contributed by atoms with E-state index in [9.17, 15) is 9.35 Å². The van der Waals surface area contributed by atoms with Crippen LogP contribution in [0.15, 0.2) is 18.2 Å². The van der Waals surface area contributed by atoms with Crippen LogP contribution in [0.2, 0.25) is 10.0 Å². The molecule has 0 spiro atoms. The first-order chi connectivity index (χ1) is 7.49. The molecule has 1 aromatic rings.